The van der Waals surface area contributed by atoms with Crippen molar-refractivity contribution in [3.63, 3.8) is 0 Å². The number of amides is 3. The Kier molecular flexibility index (Phi) is 13.3. The highest BCUT2D eigenvalue weighted by molar-refractivity contribution is 7.59. The monoisotopic (exact) mass is 892 g/mol. The third-order valence-electron chi connectivity index (χ3n) is 12.5. The van der Waals surface area contributed by atoms with Gasteiger partial charge in [0.15, 0.2) is 5.13 Å². The van der Waals surface area contributed by atoms with Crippen molar-refractivity contribution in [1.29, 1.82) is 0 Å². The summed E-state index contributed by atoms with van der Waals surface area (Å²) in [5.41, 5.74) is 1.87. The first kappa shape index (κ1) is 43.4. The van der Waals surface area contributed by atoms with E-state index in [1.165, 1.54) is 27.6 Å². The van der Waals surface area contributed by atoms with E-state index in [4.69, 9.17) is 24.2 Å². The van der Waals surface area contributed by atoms with E-state index >= 15 is 0 Å². The summed E-state index contributed by atoms with van der Waals surface area (Å²) in [5.74, 6) is 0.0565. The molecule has 4 N–H and O–H groups in total. The van der Waals surface area contributed by atoms with E-state index in [2.05, 4.69) is 16.0 Å². The van der Waals surface area contributed by atoms with Gasteiger partial charge in [0, 0.05) is 40.2 Å². The van der Waals surface area contributed by atoms with Gasteiger partial charge in [-0.1, -0.05) is 38.2 Å². The van der Waals surface area contributed by atoms with Gasteiger partial charge in [0.25, 0.3) is 0 Å². The Morgan fingerprint density at radius 2 is 1.77 bits per heavy atom. The molecular formula is C44H57N6O8PS2. The van der Waals surface area contributed by atoms with Gasteiger partial charge in [-0.15, -0.1) is 22.7 Å². The highest BCUT2D eigenvalue weighted by atomic mass is 32.1. The Morgan fingerprint density at radius 3 is 2.52 bits per heavy atom. The zero-order valence-electron chi connectivity index (χ0n) is 35.1. The van der Waals surface area contributed by atoms with Crippen LogP contribution in [0, 0.1) is 5.92 Å². The maximum absolute atomic E-state index is 14.8. The number of thiazole rings is 1. The number of ether oxygens (including phenoxy) is 3. The predicted molar refractivity (Wildman–Crippen MR) is 238 cm³/mol. The number of pyridine rings is 1. The number of anilines is 1. The SMILES string of the molecule is COc1ccc2c(O[C@@H]3C[C@H]4C(=O)N[C@]5(P(=O)(O)Cc6cccs6)C[C@H]5CCCCCCC[C@H](NC(=O)OC5CCCC5)C(=O)N4C3)cc(-c3csc(NC(C)C)n3)nc2c1. The molecule has 2 aliphatic carbocycles. The standard InChI is InChI=1S/C44H57N6O8PS2/c1-27(2)45-42-47-37(26-61-42)36-22-39(33-18-17-30(56-3)20-35(33)46-36)57-31-21-38-40(51)49-44(59(54,55)25-32-15-11-19-60-32)23-28(44)12-7-5-4-6-8-16-34(41(52)50(38)24-31)48-43(53)58-29-13-9-10-14-29/h11,15,17-20,22,26-29,31,34,38H,4-10,12-14,16,21,23-25H2,1-3H3,(H,45,47)(H,48,53)(H,49,51)(H,54,55)/t28-,31-,34+,38+,44+/m1/s1. The molecule has 328 valence electrons. The van der Waals surface area contributed by atoms with Crippen molar-refractivity contribution in [2.24, 2.45) is 5.92 Å². The number of methoxy groups -OCH3 is 1. The Bertz CT molecular complexity index is 2250. The number of hydrogen-bond donors (Lipinski definition) is 4. The van der Waals surface area contributed by atoms with E-state index in [9.17, 15) is 23.8 Å². The van der Waals surface area contributed by atoms with Gasteiger partial charge >= 0.3 is 6.09 Å². The van der Waals surface area contributed by atoms with Crippen LogP contribution in [0.1, 0.15) is 102 Å². The molecule has 2 saturated heterocycles. The fourth-order valence-electron chi connectivity index (χ4n) is 9.23. The number of fused-ring (bicyclic) bond motifs is 3. The van der Waals surface area contributed by atoms with Gasteiger partial charge in [-0.2, -0.15) is 0 Å². The van der Waals surface area contributed by atoms with E-state index in [1.54, 1.807) is 7.11 Å². The molecule has 1 unspecified atom stereocenters. The van der Waals surface area contributed by atoms with Crippen LogP contribution in [-0.4, -0.2) is 86.9 Å². The highest BCUT2D eigenvalue weighted by Gasteiger charge is 2.66. The van der Waals surface area contributed by atoms with Gasteiger partial charge in [0.1, 0.15) is 46.8 Å². The largest absolute Gasteiger partial charge is 0.497 e. The Balaban J connectivity index is 1.12. The third kappa shape index (κ3) is 9.87. The molecule has 3 aromatic heterocycles. The number of carbonyl (C=O) groups is 3. The summed E-state index contributed by atoms with van der Waals surface area (Å²) in [4.78, 5) is 66.8. The van der Waals surface area contributed by atoms with Crippen molar-refractivity contribution in [2.75, 3.05) is 19.0 Å². The molecule has 8 rings (SSSR count). The van der Waals surface area contributed by atoms with Gasteiger partial charge < -0.3 is 40.0 Å². The average Bonchev–Trinajstić information content (AvgIpc) is 3.86. The summed E-state index contributed by atoms with van der Waals surface area (Å²) < 4.78 is 32.6. The molecule has 3 amide bonds. The molecule has 6 atom stereocenters. The van der Waals surface area contributed by atoms with Crippen LogP contribution in [0.25, 0.3) is 22.3 Å². The van der Waals surface area contributed by atoms with E-state index in [1.807, 2.05) is 61.0 Å². The number of aromatic nitrogens is 2. The van der Waals surface area contributed by atoms with Gasteiger partial charge in [-0.3, -0.25) is 14.2 Å². The molecule has 17 heteroatoms. The predicted octanol–water partition coefficient (Wildman–Crippen LogP) is 8.68. The van der Waals surface area contributed by atoms with Gasteiger partial charge in [0.2, 0.25) is 19.2 Å². The van der Waals surface area contributed by atoms with E-state index in [0.29, 0.717) is 53.1 Å². The quantitative estimate of drug-likeness (QED) is 0.106. The van der Waals surface area contributed by atoms with Crippen LogP contribution >= 0.6 is 30.0 Å². The lowest BCUT2D eigenvalue weighted by atomic mass is 10.0. The van der Waals surface area contributed by atoms with Crippen molar-refractivity contribution >= 4 is 64.0 Å². The van der Waals surface area contributed by atoms with Gasteiger partial charge in [-0.05, 0) is 88.3 Å². The molecule has 4 fully saturated rings. The molecule has 0 spiro atoms. The van der Waals surface area contributed by atoms with Crippen LogP contribution in [0.5, 0.6) is 11.5 Å². The molecule has 0 radical (unpaired) electrons. The number of benzene rings is 1. The topological polar surface area (TPSA) is 181 Å². The lowest BCUT2D eigenvalue weighted by Crippen LogP contribution is -2.55. The summed E-state index contributed by atoms with van der Waals surface area (Å²) in [6.07, 6.45) is 7.96. The lowest BCUT2D eigenvalue weighted by molar-refractivity contribution is -0.140. The molecule has 4 aliphatic rings. The van der Waals surface area contributed by atoms with E-state index in [0.717, 1.165) is 67.8 Å². The van der Waals surface area contributed by atoms with Crippen LogP contribution in [0.3, 0.4) is 0 Å². The maximum atomic E-state index is 14.8. The molecule has 0 bridgehead atoms. The number of carbonyl (C=O) groups excluding carboxylic acids is 3. The molecule has 1 aromatic carbocycles. The van der Waals surface area contributed by atoms with Crippen molar-refractivity contribution in [3.05, 3.63) is 52.0 Å². The Morgan fingerprint density at radius 1 is 1.00 bits per heavy atom. The normalized spacial score (nSPS) is 26.1. The molecule has 61 heavy (non-hydrogen) atoms. The number of nitrogens with zero attached hydrogens (tertiary/aromatic N) is 3. The maximum Gasteiger partial charge on any atom is 0.408 e. The Hall–Kier alpha value is -4.24. The van der Waals surface area contributed by atoms with Crippen LogP contribution < -0.4 is 25.4 Å². The minimum Gasteiger partial charge on any atom is -0.497 e. The zero-order chi connectivity index (χ0) is 42.7. The second-order valence-electron chi connectivity index (χ2n) is 17.3. The first-order chi connectivity index (χ1) is 29.4. The summed E-state index contributed by atoms with van der Waals surface area (Å²) in [6, 6.07) is 9.30. The summed E-state index contributed by atoms with van der Waals surface area (Å²) in [7, 11) is -2.37. The van der Waals surface area contributed by atoms with Crippen LogP contribution in [0.4, 0.5) is 9.93 Å². The number of hydrogen-bond acceptors (Lipinski definition) is 12. The first-order valence-electron chi connectivity index (χ1n) is 21.7. The first-order valence-corrected chi connectivity index (χ1v) is 25.3. The fourth-order valence-corrected chi connectivity index (χ4v) is 13.7. The van der Waals surface area contributed by atoms with E-state index in [-0.39, 0.29) is 37.2 Å². The van der Waals surface area contributed by atoms with Crippen LogP contribution in [-0.2, 0) is 25.1 Å². The van der Waals surface area contributed by atoms with Crippen molar-refractivity contribution < 1.29 is 38.1 Å². The van der Waals surface area contributed by atoms with Gasteiger partial charge in [-0.25, -0.2) is 14.8 Å². The van der Waals surface area contributed by atoms with Crippen LogP contribution in [0.2, 0.25) is 0 Å². The summed E-state index contributed by atoms with van der Waals surface area (Å²) in [6.45, 7) is 4.14. The molecule has 4 aromatic rings. The van der Waals surface area contributed by atoms with Crippen molar-refractivity contribution in [3.8, 4) is 22.9 Å². The smallest absolute Gasteiger partial charge is 0.408 e. The second-order valence-corrected chi connectivity index (χ2v) is 21.7. The number of rotatable bonds is 11. The molecular weight excluding hydrogens is 836 g/mol. The fraction of sp³-hybridized carbons (Fsp3) is 0.568. The number of nitrogens with one attached hydrogen (secondary N) is 3. The summed E-state index contributed by atoms with van der Waals surface area (Å²) >= 11 is 2.90. The molecule has 14 nitrogen and oxygen atoms in total. The summed E-state index contributed by atoms with van der Waals surface area (Å²) in [5, 5.41) is 13.3. The number of alkyl carbamates (subject to hydrolysis) is 1. The molecule has 2 aliphatic heterocycles. The lowest BCUT2D eigenvalue weighted by Gasteiger charge is -2.31. The van der Waals surface area contributed by atoms with Crippen molar-refractivity contribution in [2.45, 2.75) is 139 Å². The van der Waals surface area contributed by atoms with Crippen LogP contribution in [0.15, 0.2) is 47.2 Å². The van der Waals surface area contributed by atoms with E-state index < -0.39 is 48.7 Å². The van der Waals surface area contributed by atoms with Gasteiger partial charge in [0.05, 0.1) is 31.0 Å². The minimum absolute atomic E-state index is 0.0359. The zero-order valence-corrected chi connectivity index (χ0v) is 37.6. The number of thiophene rings is 1. The third-order valence-corrected chi connectivity index (χ3v) is 17.0. The average molecular weight is 893 g/mol. The Labute approximate surface area is 365 Å². The second kappa shape index (κ2) is 18.6. The van der Waals surface area contributed by atoms with Crippen molar-refractivity contribution in [1.82, 2.24) is 25.5 Å². The highest BCUT2D eigenvalue weighted by Crippen LogP contribution is 2.71. The molecule has 2 saturated carbocycles. The molecule has 5 heterocycles. The minimum atomic E-state index is -3.96.